The first-order valence-corrected chi connectivity index (χ1v) is 7.13. The van der Waals surface area contributed by atoms with E-state index in [1.807, 2.05) is 0 Å². The van der Waals surface area contributed by atoms with Crippen molar-refractivity contribution in [3.63, 3.8) is 0 Å². The number of para-hydroxylation sites is 1. The summed E-state index contributed by atoms with van der Waals surface area (Å²) in [6.07, 6.45) is 5.93. The predicted octanol–water partition coefficient (Wildman–Crippen LogP) is 4.41. The topological polar surface area (TPSA) is 29.9 Å². The maximum Gasteiger partial charge on any atom is 0.164 e. The van der Waals surface area contributed by atoms with Crippen molar-refractivity contribution < 1.29 is 4.39 Å². The molecule has 0 radical (unpaired) electrons. The van der Waals surface area contributed by atoms with Crippen LogP contribution in [0.3, 0.4) is 0 Å². The van der Waals surface area contributed by atoms with Crippen LogP contribution in [0.2, 0.25) is 0 Å². The highest BCUT2D eigenvalue weighted by Crippen LogP contribution is 2.20. The van der Waals surface area contributed by atoms with Gasteiger partial charge in [-0.2, -0.15) is 0 Å². The Bertz CT molecular complexity index is 754. The number of anilines is 1. The van der Waals surface area contributed by atoms with Crippen molar-refractivity contribution in [1.82, 2.24) is 9.55 Å². The lowest BCUT2D eigenvalue weighted by molar-refractivity contribution is 0.621. The Morgan fingerprint density at radius 2 is 2.05 bits per heavy atom. The molecule has 2 aromatic heterocycles. The van der Waals surface area contributed by atoms with Gasteiger partial charge in [-0.3, -0.25) is 4.98 Å². The zero-order valence-electron chi connectivity index (χ0n) is 12.4. The fraction of sp³-hybridized carbons (Fsp3) is 0.235. The molecule has 3 rings (SSSR count). The summed E-state index contributed by atoms with van der Waals surface area (Å²) in [5, 5.41) is 4.41. The van der Waals surface area contributed by atoms with Gasteiger partial charge in [0.15, 0.2) is 5.82 Å². The van der Waals surface area contributed by atoms with Crippen molar-refractivity contribution in [2.45, 2.75) is 19.9 Å². The van der Waals surface area contributed by atoms with Crippen LogP contribution < -0.4 is 5.32 Å². The highest BCUT2D eigenvalue weighted by Gasteiger charge is 2.04. The molecule has 1 N–H and O–H groups in total. The van der Waals surface area contributed by atoms with Crippen molar-refractivity contribution in [2.24, 2.45) is 0 Å². The number of hydrogen-bond acceptors (Lipinski definition) is 2. The van der Waals surface area contributed by atoms with E-state index in [1.165, 1.54) is 22.7 Å². The molecule has 3 nitrogen and oxygen atoms in total. The molecule has 1 aromatic carbocycles. The minimum absolute atomic E-state index is 0. The van der Waals surface area contributed by atoms with Crippen LogP contribution in [0.5, 0.6) is 0 Å². The lowest BCUT2D eigenvalue weighted by Gasteiger charge is -2.08. The molecule has 22 heavy (non-hydrogen) atoms. The maximum atomic E-state index is 13.4. The molecule has 0 unspecified atom stereocenters. The first kappa shape index (κ1) is 16.3. The predicted molar refractivity (Wildman–Crippen MR) is 91.2 cm³/mol. The van der Waals surface area contributed by atoms with Gasteiger partial charge in [-0.25, -0.2) is 4.39 Å². The minimum Gasteiger partial charge on any atom is -0.383 e. The third kappa shape index (κ3) is 3.39. The molecule has 0 fully saturated rings. The number of pyridine rings is 1. The standard InChI is InChI=1S/C17H18FN3.ClH/c1-13-12-21(17-6-3-2-5-14(13)17)10-4-8-20-16-7-9-19-11-15(16)18;/h2-3,5-7,9,11-12H,4,8,10H2,1H3,(H,19,20);1H. The van der Waals surface area contributed by atoms with E-state index in [2.05, 4.69) is 52.3 Å². The molecule has 0 atom stereocenters. The molecule has 116 valence electrons. The first-order chi connectivity index (χ1) is 10.3. The van der Waals surface area contributed by atoms with Gasteiger partial charge in [0.1, 0.15) is 0 Å². The van der Waals surface area contributed by atoms with Crippen LogP contribution >= 0.6 is 12.4 Å². The van der Waals surface area contributed by atoms with Gasteiger partial charge >= 0.3 is 0 Å². The molecular weight excluding hydrogens is 301 g/mol. The monoisotopic (exact) mass is 319 g/mol. The molecule has 0 saturated carbocycles. The molecule has 0 aliphatic carbocycles. The number of fused-ring (bicyclic) bond motifs is 1. The summed E-state index contributed by atoms with van der Waals surface area (Å²) in [6.45, 7) is 3.77. The molecule has 0 bridgehead atoms. The number of benzene rings is 1. The molecule has 0 saturated heterocycles. The first-order valence-electron chi connectivity index (χ1n) is 7.13. The van der Waals surface area contributed by atoms with Crippen molar-refractivity contribution in [3.05, 3.63) is 60.3 Å². The van der Waals surface area contributed by atoms with Crippen LogP contribution in [0.15, 0.2) is 48.9 Å². The number of halogens is 2. The van der Waals surface area contributed by atoms with Crippen LogP contribution in [0, 0.1) is 12.7 Å². The third-order valence-electron chi connectivity index (χ3n) is 3.65. The normalized spacial score (nSPS) is 10.5. The third-order valence-corrected chi connectivity index (χ3v) is 3.65. The molecule has 0 spiro atoms. The Kier molecular flexibility index (Phi) is 5.39. The van der Waals surface area contributed by atoms with Crippen LogP contribution in [0.25, 0.3) is 10.9 Å². The smallest absolute Gasteiger partial charge is 0.164 e. The Balaban J connectivity index is 0.00000176. The van der Waals surface area contributed by atoms with Crippen LogP contribution in [0.1, 0.15) is 12.0 Å². The van der Waals surface area contributed by atoms with Crippen LogP contribution in [-0.4, -0.2) is 16.1 Å². The summed E-state index contributed by atoms with van der Waals surface area (Å²) in [5.41, 5.74) is 3.06. The number of aromatic nitrogens is 2. The Labute approximate surface area is 135 Å². The second-order valence-electron chi connectivity index (χ2n) is 5.16. The Morgan fingerprint density at radius 3 is 2.86 bits per heavy atom. The van der Waals surface area contributed by atoms with E-state index in [4.69, 9.17) is 0 Å². The molecule has 3 aromatic rings. The molecule has 0 aliphatic heterocycles. The second-order valence-corrected chi connectivity index (χ2v) is 5.16. The lowest BCUT2D eigenvalue weighted by atomic mass is 10.2. The fourth-order valence-electron chi connectivity index (χ4n) is 2.61. The van der Waals surface area contributed by atoms with E-state index in [0.29, 0.717) is 5.69 Å². The van der Waals surface area contributed by atoms with Crippen LogP contribution in [0.4, 0.5) is 10.1 Å². The summed E-state index contributed by atoms with van der Waals surface area (Å²) >= 11 is 0. The van der Waals surface area contributed by atoms with E-state index in [0.717, 1.165) is 19.5 Å². The Morgan fingerprint density at radius 1 is 1.23 bits per heavy atom. The summed E-state index contributed by atoms with van der Waals surface area (Å²) < 4.78 is 15.7. The summed E-state index contributed by atoms with van der Waals surface area (Å²) in [5.74, 6) is -0.306. The van der Waals surface area contributed by atoms with Crippen LogP contribution in [-0.2, 0) is 6.54 Å². The lowest BCUT2D eigenvalue weighted by Crippen LogP contribution is -2.07. The van der Waals surface area contributed by atoms with Gasteiger partial charge in [0, 0.05) is 36.4 Å². The zero-order chi connectivity index (χ0) is 14.7. The van der Waals surface area contributed by atoms with Gasteiger partial charge in [0.2, 0.25) is 0 Å². The minimum atomic E-state index is -0.306. The molecule has 2 heterocycles. The second kappa shape index (κ2) is 7.27. The summed E-state index contributed by atoms with van der Waals surface area (Å²) in [6, 6.07) is 10.1. The van der Waals surface area contributed by atoms with E-state index < -0.39 is 0 Å². The van der Waals surface area contributed by atoms with Gasteiger partial charge < -0.3 is 9.88 Å². The summed E-state index contributed by atoms with van der Waals surface area (Å²) in [7, 11) is 0. The van der Waals surface area contributed by atoms with Gasteiger partial charge in [-0.1, -0.05) is 18.2 Å². The van der Waals surface area contributed by atoms with E-state index >= 15 is 0 Å². The van der Waals surface area contributed by atoms with Gasteiger partial charge in [-0.05, 0) is 31.0 Å². The number of nitrogens with zero attached hydrogens (tertiary/aromatic N) is 2. The van der Waals surface area contributed by atoms with E-state index in [-0.39, 0.29) is 18.2 Å². The number of nitrogens with one attached hydrogen (secondary N) is 1. The quantitative estimate of drug-likeness (QED) is 0.706. The van der Waals surface area contributed by atoms with Gasteiger partial charge in [0.05, 0.1) is 11.9 Å². The van der Waals surface area contributed by atoms with Crippen molar-refractivity contribution in [2.75, 3.05) is 11.9 Å². The zero-order valence-corrected chi connectivity index (χ0v) is 13.2. The molecule has 0 amide bonds. The van der Waals surface area contributed by atoms with Crippen molar-refractivity contribution in [3.8, 4) is 0 Å². The number of hydrogen-bond donors (Lipinski definition) is 1. The SMILES string of the molecule is Cc1cn(CCCNc2ccncc2F)c2ccccc12.Cl. The number of aryl methyl sites for hydroxylation is 2. The maximum absolute atomic E-state index is 13.4. The number of rotatable bonds is 5. The highest BCUT2D eigenvalue weighted by atomic mass is 35.5. The molecule has 0 aliphatic rings. The molecular formula is C17H19ClFN3. The average Bonchev–Trinajstić information content (AvgIpc) is 2.82. The molecule has 5 heteroatoms. The highest BCUT2D eigenvalue weighted by molar-refractivity contribution is 5.85. The largest absolute Gasteiger partial charge is 0.383 e. The van der Waals surface area contributed by atoms with E-state index in [9.17, 15) is 4.39 Å². The van der Waals surface area contributed by atoms with Gasteiger partial charge in [0.25, 0.3) is 0 Å². The van der Waals surface area contributed by atoms with Gasteiger partial charge in [-0.15, -0.1) is 12.4 Å². The van der Waals surface area contributed by atoms with E-state index in [1.54, 1.807) is 12.3 Å². The Hall–Kier alpha value is -2.07. The average molecular weight is 320 g/mol. The van der Waals surface area contributed by atoms with Crippen molar-refractivity contribution >= 4 is 29.0 Å². The fourth-order valence-corrected chi connectivity index (χ4v) is 2.61. The summed E-state index contributed by atoms with van der Waals surface area (Å²) in [4.78, 5) is 3.74. The van der Waals surface area contributed by atoms with Crippen molar-refractivity contribution in [1.29, 1.82) is 0 Å².